The summed E-state index contributed by atoms with van der Waals surface area (Å²) in [5, 5.41) is 0. The number of pyridine rings is 1. The second-order valence-electron chi connectivity index (χ2n) is 5.45. The van der Waals surface area contributed by atoms with Gasteiger partial charge in [-0.25, -0.2) is 0 Å². The Hall–Kier alpha value is -1.94. The zero-order chi connectivity index (χ0) is 15.4. The standard InChI is InChI=1S/C18H17BrN2O/c19-16-5-1-3-15(11-16)13-21(17-7-8-17)18(22)9-6-14-4-2-10-20-12-14/h1-6,9-12,17H,7-8,13H2/b9-6+. The summed E-state index contributed by atoms with van der Waals surface area (Å²) in [5.41, 5.74) is 2.08. The number of amides is 1. The number of rotatable bonds is 5. The summed E-state index contributed by atoms with van der Waals surface area (Å²) < 4.78 is 1.04. The molecule has 22 heavy (non-hydrogen) atoms. The first kappa shape index (κ1) is 15.0. The Balaban J connectivity index is 1.71. The maximum absolute atomic E-state index is 12.5. The van der Waals surface area contributed by atoms with Crippen molar-refractivity contribution >= 4 is 27.9 Å². The highest BCUT2D eigenvalue weighted by Crippen LogP contribution is 2.29. The molecule has 112 valence electrons. The Morgan fingerprint density at radius 3 is 2.86 bits per heavy atom. The van der Waals surface area contributed by atoms with Gasteiger partial charge in [0.2, 0.25) is 5.91 Å². The van der Waals surface area contributed by atoms with Crippen LogP contribution in [0, 0.1) is 0 Å². The van der Waals surface area contributed by atoms with Gasteiger partial charge in [-0.1, -0.05) is 34.1 Å². The van der Waals surface area contributed by atoms with E-state index in [0.717, 1.165) is 28.4 Å². The number of benzene rings is 1. The monoisotopic (exact) mass is 356 g/mol. The molecule has 1 amide bonds. The van der Waals surface area contributed by atoms with E-state index in [1.165, 1.54) is 0 Å². The summed E-state index contributed by atoms with van der Waals surface area (Å²) in [5.74, 6) is 0.0614. The van der Waals surface area contributed by atoms with E-state index in [2.05, 4.69) is 33.0 Å². The molecule has 3 rings (SSSR count). The third-order valence-corrected chi connectivity index (χ3v) is 4.11. The summed E-state index contributed by atoms with van der Waals surface area (Å²) in [4.78, 5) is 18.5. The van der Waals surface area contributed by atoms with Gasteiger partial charge in [0.05, 0.1) is 0 Å². The molecular weight excluding hydrogens is 340 g/mol. The smallest absolute Gasteiger partial charge is 0.247 e. The number of hydrogen-bond donors (Lipinski definition) is 0. The van der Waals surface area contributed by atoms with Crippen LogP contribution in [0.5, 0.6) is 0 Å². The molecule has 1 aromatic heterocycles. The lowest BCUT2D eigenvalue weighted by atomic mass is 10.2. The summed E-state index contributed by atoms with van der Waals surface area (Å²) >= 11 is 3.48. The highest BCUT2D eigenvalue weighted by Gasteiger charge is 2.31. The van der Waals surface area contributed by atoms with E-state index in [9.17, 15) is 4.79 Å². The van der Waals surface area contributed by atoms with Crippen LogP contribution in [0.4, 0.5) is 0 Å². The Morgan fingerprint density at radius 1 is 1.32 bits per heavy atom. The van der Waals surface area contributed by atoms with Gasteiger partial charge in [-0.15, -0.1) is 0 Å². The lowest BCUT2D eigenvalue weighted by Gasteiger charge is -2.21. The fourth-order valence-electron chi connectivity index (χ4n) is 2.34. The van der Waals surface area contributed by atoms with Crippen molar-refractivity contribution < 1.29 is 4.79 Å². The number of carbonyl (C=O) groups is 1. The molecular formula is C18H17BrN2O. The summed E-state index contributed by atoms with van der Waals surface area (Å²) in [7, 11) is 0. The SMILES string of the molecule is O=C(/C=C/c1cccnc1)N(Cc1cccc(Br)c1)C1CC1. The molecule has 0 unspecified atom stereocenters. The van der Waals surface area contributed by atoms with Crippen LogP contribution in [-0.2, 0) is 11.3 Å². The van der Waals surface area contributed by atoms with Crippen molar-refractivity contribution in [2.75, 3.05) is 0 Å². The fraction of sp³-hybridized carbons (Fsp3) is 0.222. The summed E-state index contributed by atoms with van der Waals surface area (Å²) in [6.07, 6.45) is 9.14. The molecule has 1 aliphatic rings. The van der Waals surface area contributed by atoms with Crippen LogP contribution < -0.4 is 0 Å². The maximum Gasteiger partial charge on any atom is 0.247 e. The van der Waals surface area contributed by atoms with E-state index in [1.807, 2.05) is 35.2 Å². The number of hydrogen-bond acceptors (Lipinski definition) is 2. The molecule has 0 bridgehead atoms. The largest absolute Gasteiger partial charge is 0.332 e. The van der Waals surface area contributed by atoms with Gasteiger partial charge in [0.15, 0.2) is 0 Å². The molecule has 4 heteroatoms. The van der Waals surface area contributed by atoms with Gasteiger partial charge in [-0.05, 0) is 48.2 Å². The van der Waals surface area contributed by atoms with Crippen molar-refractivity contribution in [2.45, 2.75) is 25.4 Å². The van der Waals surface area contributed by atoms with E-state index < -0.39 is 0 Å². The molecule has 1 heterocycles. The highest BCUT2D eigenvalue weighted by atomic mass is 79.9. The third-order valence-electron chi connectivity index (χ3n) is 3.62. The first-order valence-corrected chi connectivity index (χ1v) is 8.15. The van der Waals surface area contributed by atoms with Crippen LogP contribution in [0.1, 0.15) is 24.0 Å². The van der Waals surface area contributed by atoms with Gasteiger partial charge in [-0.2, -0.15) is 0 Å². The molecule has 0 saturated heterocycles. The van der Waals surface area contributed by atoms with Gasteiger partial charge in [0.25, 0.3) is 0 Å². The second kappa shape index (κ2) is 6.88. The Labute approximate surface area is 138 Å². The minimum atomic E-state index is 0.0614. The third kappa shape index (κ3) is 4.04. The van der Waals surface area contributed by atoms with Crippen molar-refractivity contribution in [1.29, 1.82) is 0 Å². The van der Waals surface area contributed by atoms with Crippen LogP contribution in [0.15, 0.2) is 59.3 Å². The average molecular weight is 357 g/mol. The first-order chi connectivity index (χ1) is 10.7. The molecule has 0 radical (unpaired) electrons. The zero-order valence-electron chi connectivity index (χ0n) is 12.2. The Morgan fingerprint density at radius 2 is 2.18 bits per heavy atom. The first-order valence-electron chi connectivity index (χ1n) is 7.35. The summed E-state index contributed by atoms with van der Waals surface area (Å²) in [6.45, 7) is 0.653. The lowest BCUT2D eigenvalue weighted by Crippen LogP contribution is -2.31. The molecule has 0 aliphatic heterocycles. The molecule has 1 fully saturated rings. The van der Waals surface area contributed by atoms with Crippen molar-refractivity contribution in [3.8, 4) is 0 Å². The van der Waals surface area contributed by atoms with E-state index in [0.29, 0.717) is 12.6 Å². The van der Waals surface area contributed by atoms with Crippen LogP contribution >= 0.6 is 15.9 Å². The highest BCUT2D eigenvalue weighted by molar-refractivity contribution is 9.10. The predicted octanol–water partition coefficient (Wildman–Crippen LogP) is 4.05. The van der Waals surface area contributed by atoms with Gasteiger partial charge in [0, 0.05) is 35.5 Å². The zero-order valence-corrected chi connectivity index (χ0v) is 13.7. The molecule has 1 saturated carbocycles. The molecule has 1 aliphatic carbocycles. The molecule has 2 aromatic rings. The van der Waals surface area contributed by atoms with E-state index >= 15 is 0 Å². The predicted molar refractivity (Wildman–Crippen MR) is 91.0 cm³/mol. The number of carbonyl (C=O) groups excluding carboxylic acids is 1. The maximum atomic E-state index is 12.5. The van der Waals surface area contributed by atoms with Gasteiger partial charge in [-0.3, -0.25) is 9.78 Å². The van der Waals surface area contributed by atoms with Gasteiger partial charge < -0.3 is 4.90 Å². The molecule has 0 atom stereocenters. The number of halogens is 1. The van der Waals surface area contributed by atoms with E-state index in [-0.39, 0.29) is 5.91 Å². The van der Waals surface area contributed by atoms with Gasteiger partial charge in [0.1, 0.15) is 0 Å². The number of nitrogens with zero attached hydrogens (tertiary/aromatic N) is 2. The number of aromatic nitrogens is 1. The molecule has 0 N–H and O–H groups in total. The van der Waals surface area contributed by atoms with Crippen LogP contribution in [0.25, 0.3) is 6.08 Å². The van der Waals surface area contributed by atoms with Crippen LogP contribution in [0.2, 0.25) is 0 Å². The van der Waals surface area contributed by atoms with Crippen LogP contribution in [-0.4, -0.2) is 21.8 Å². The topological polar surface area (TPSA) is 33.2 Å². The average Bonchev–Trinajstić information content (AvgIpc) is 3.36. The minimum absolute atomic E-state index is 0.0614. The van der Waals surface area contributed by atoms with Crippen LogP contribution in [0.3, 0.4) is 0 Å². The molecule has 3 nitrogen and oxygen atoms in total. The van der Waals surface area contributed by atoms with Crippen molar-refractivity contribution in [2.24, 2.45) is 0 Å². The Kier molecular flexibility index (Phi) is 4.68. The van der Waals surface area contributed by atoms with E-state index in [1.54, 1.807) is 18.5 Å². The van der Waals surface area contributed by atoms with Crippen molar-refractivity contribution in [3.63, 3.8) is 0 Å². The lowest BCUT2D eigenvalue weighted by molar-refractivity contribution is -0.127. The quantitative estimate of drug-likeness (QED) is 0.757. The van der Waals surface area contributed by atoms with Crippen molar-refractivity contribution in [3.05, 3.63) is 70.5 Å². The second-order valence-corrected chi connectivity index (χ2v) is 6.36. The summed E-state index contributed by atoms with van der Waals surface area (Å²) in [6, 6.07) is 12.3. The fourth-order valence-corrected chi connectivity index (χ4v) is 2.79. The molecule has 1 aromatic carbocycles. The normalized spacial score (nSPS) is 14.2. The van der Waals surface area contributed by atoms with Crippen molar-refractivity contribution in [1.82, 2.24) is 9.88 Å². The van der Waals surface area contributed by atoms with Gasteiger partial charge >= 0.3 is 0 Å². The van der Waals surface area contributed by atoms with E-state index in [4.69, 9.17) is 0 Å². The molecule has 0 spiro atoms. The Bertz CT molecular complexity index is 680. The minimum Gasteiger partial charge on any atom is -0.332 e.